The highest BCUT2D eigenvalue weighted by atomic mass is 16.7. The number of nitrogens with zero attached hydrogens (tertiary/aromatic N) is 3. The fourth-order valence-electron chi connectivity index (χ4n) is 3.84. The molecule has 8 nitrogen and oxygen atoms in total. The fourth-order valence-corrected chi connectivity index (χ4v) is 3.84. The number of carbonyl (C=O) groups is 2. The van der Waals surface area contributed by atoms with Gasteiger partial charge in [0.2, 0.25) is 0 Å². The van der Waals surface area contributed by atoms with Crippen LogP contribution in [0.15, 0.2) is 48.8 Å². The van der Waals surface area contributed by atoms with E-state index in [0.29, 0.717) is 36.3 Å². The van der Waals surface area contributed by atoms with Crippen molar-refractivity contribution in [2.45, 2.75) is 38.9 Å². The predicted molar refractivity (Wildman–Crippen MR) is 122 cm³/mol. The first-order valence-corrected chi connectivity index (χ1v) is 10.9. The highest BCUT2D eigenvalue weighted by molar-refractivity contribution is 5.99. The maximum absolute atomic E-state index is 13.2. The molecule has 1 aliphatic rings. The number of pyridine rings is 1. The number of fused-ring (bicyclic) bond motifs is 1. The van der Waals surface area contributed by atoms with Gasteiger partial charge in [-0.2, -0.15) is 5.26 Å². The van der Waals surface area contributed by atoms with Gasteiger partial charge in [-0.05, 0) is 45.9 Å². The van der Waals surface area contributed by atoms with Crippen molar-refractivity contribution in [3.05, 3.63) is 59.9 Å². The Kier molecular flexibility index (Phi) is 6.16. The lowest BCUT2D eigenvalue weighted by Crippen LogP contribution is -2.46. The lowest BCUT2D eigenvalue weighted by atomic mass is 9.88. The van der Waals surface area contributed by atoms with E-state index in [-0.39, 0.29) is 5.78 Å². The van der Waals surface area contributed by atoms with E-state index < -0.39 is 23.8 Å². The Bertz CT molecular complexity index is 1220. The third kappa shape index (κ3) is 5.21. The number of rotatable bonds is 4. The van der Waals surface area contributed by atoms with Gasteiger partial charge in [0, 0.05) is 30.1 Å². The van der Waals surface area contributed by atoms with Crippen LogP contribution in [0.3, 0.4) is 0 Å². The molecule has 0 amide bonds. The Balaban J connectivity index is 1.50. The maximum atomic E-state index is 13.2. The van der Waals surface area contributed by atoms with Crippen LogP contribution >= 0.6 is 0 Å². The third-order valence-electron chi connectivity index (χ3n) is 5.45. The monoisotopic (exact) mass is 446 g/mol. The lowest BCUT2D eigenvalue weighted by Gasteiger charge is -2.31. The number of hydrogen-bond acceptors (Lipinski definition) is 7. The second-order valence-electron chi connectivity index (χ2n) is 9.08. The number of imidazole rings is 1. The normalized spacial score (nSPS) is 18.5. The Morgan fingerprint density at radius 3 is 2.67 bits per heavy atom. The van der Waals surface area contributed by atoms with E-state index in [4.69, 9.17) is 14.7 Å². The van der Waals surface area contributed by atoms with Crippen LogP contribution in [0.5, 0.6) is 0 Å². The number of aromatic nitrogens is 2. The molecular formula is C25H26N4O4. The Hall–Kier alpha value is -3.70. The largest absolute Gasteiger partial charge is 0.509 e. The minimum atomic E-state index is -0.756. The summed E-state index contributed by atoms with van der Waals surface area (Å²) in [5.41, 5.74) is 2.71. The van der Waals surface area contributed by atoms with Gasteiger partial charge in [-0.15, -0.1) is 0 Å². The van der Waals surface area contributed by atoms with E-state index >= 15 is 0 Å². The minimum Gasteiger partial charge on any atom is -0.430 e. The van der Waals surface area contributed by atoms with Crippen LogP contribution in [-0.2, 0) is 9.47 Å². The van der Waals surface area contributed by atoms with Gasteiger partial charge in [-0.25, -0.2) is 9.78 Å². The summed E-state index contributed by atoms with van der Waals surface area (Å²) in [6, 6.07) is 12.8. The maximum Gasteiger partial charge on any atom is 0.509 e. The Morgan fingerprint density at radius 1 is 1.21 bits per heavy atom. The van der Waals surface area contributed by atoms with E-state index in [2.05, 4.69) is 16.4 Å². The van der Waals surface area contributed by atoms with Gasteiger partial charge in [0.05, 0.1) is 23.2 Å². The van der Waals surface area contributed by atoms with Crippen LogP contribution in [0, 0.1) is 17.2 Å². The van der Waals surface area contributed by atoms with Gasteiger partial charge in [-0.3, -0.25) is 4.79 Å². The smallest absolute Gasteiger partial charge is 0.430 e. The van der Waals surface area contributed by atoms with E-state index in [1.165, 1.54) is 0 Å². The zero-order valence-corrected chi connectivity index (χ0v) is 18.9. The topological polar surface area (TPSA) is 106 Å². The summed E-state index contributed by atoms with van der Waals surface area (Å²) in [5, 5.41) is 12.3. The molecule has 1 saturated heterocycles. The average molecular weight is 447 g/mol. The molecule has 0 spiro atoms. The summed E-state index contributed by atoms with van der Waals surface area (Å²) in [6.45, 7) is 6.41. The minimum absolute atomic E-state index is 0.0871. The van der Waals surface area contributed by atoms with E-state index in [9.17, 15) is 9.59 Å². The summed E-state index contributed by atoms with van der Waals surface area (Å²) < 4.78 is 12.6. The van der Waals surface area contributed by atoms with Crippen LogP contribution in [0.2, 0.25) is 0 Å². The molecule has 3 heterocycles. The number of nitriles is 1. The van der Waals surface area contributed by atoms with Crippen molar-refractivity contribution in [1.82, 2.24) is 14.7 Å². The van der Waals surface area contributed by atoms with Crippen molar-refractivity contribution in [1.29, 1.82) is 5.26 Å². The Labute approximate surface area is 192 Å². The number of hydrogen-bond donors (Lipinski definition) is 1. The summed E-state index contributed by atoms with van der Waals surface area (Å²) in [5.74, 6) is -0.576. The van der Waals surface area contributed by atoms with Gasteiger partial charge in [0.25, 0.3) is 0 Å². The molecule has 170 valence electrons. The highest BCUT2D eigenvalue weighted by Crippen LogP contribution is 2.25. The number of piperidine rings is 1. The molecule has 1 fully saturated rings. The van der Waals surface area contributed by atoms with Crippen molar-refractivity contribution in [2.24, 2.45) is 5.92 Å². The summed E-state index contributed by atoms with van der Waals surface area (Å²) >= 11 is 0. The molecule has 1 aromatic carbocycles. The number of nitrogens with one attached hydrogen (secondary N) is 1. The molecule has 33 heavy (non-hydrogen) atoms. The number of carbonyl (C=O) groups excluding carboxylic acids is 2. The van der Waals surface area contributed by atoms with Crippen molar-refractivity contribution in [3.8, 4) is 17.3 Å². The zero-order valence-electron chi connectivity index (χ0n) is 18.9. The second kappa shape index (κ2) is 9.04. The molecule has 0 bridgehead atoms. The van der Waals surface area contributed by atoms with Gasteiger partial charge in [0.15, 0.2) is 5.78 Å². The first-order chi connectivity index (χ1) is 15.7. The average Bonchev–Trinajstić information content (AvgIpc) is 3.21. The predicted octanol–water partition coefficient (Wildman–Crippen LogP) is 3.99. The molecule has 1 N–H and O–H groups in total. The summed E-state index contributed by atoms with van der Waals surface area (Å²) in [4.78, 5) is 29.9. The van der Waals surface area contributed by atoms with Crippen molar-refractivity contribution in [3.63, 3.8) is 0 Å². The molecular weight excluding hydrogens is 420 g/mol. The van der Waals surface area contributed by atoms with Crippen LogP contribution in [0.4, 0.5) is 4.79 Å². The summed E-state index contributed by atoms with van der Waals surface area (Å²) in [6.07, 6.45) is 2.92. The molecule has 2 atom stereocenters. The first-order valence-electron chi connectivity index (χ1n) is 10.9. The number of ether oxygens (including phenoxy) is 2. The van der Waals surface area contributed by atoms with Gasteiger partial charge in [-0.1, -0.05) is 24.3 Å². The fraction of sp³-hybridized carbons (Fsp3) is 0.360. The number of Topliss-reactive ketones (excluding diaryl/α,β-unsaturated/α-hetero) is 1. The standard InChI is InChI=1S/C25H26N4O4/c1-25(2,3)33-24(31)32-21-8-10-27-14-19(21)23(30)18-6-4-17(5-7-18)20-15-29-11-9-16(13-26)12-22(29)28-20/h4-7,9,11-12,15,19,21,27H,8,10,14H2,1-3H3. The number of ketones is 1. The van der Waals surface area contributed by atoms with Crippen molar-refractivity contribution in [2.75, 3.05) is 13.1 Å². The van der Waals surface area contributed by atoms with Crippen molar-refractivity contribution >= 4 is 17.6 Å². The SMILES string of the molecule is CC(C)(C)OC(=O)OC1CCNCC1C(=O)c1ccc(-c2cn3ccc(C#N)cc3n2)cc1. The van der Waals surface area contributed by atoms with Crippen molar-refractivity contribution < 1.29 is 19.1 Å². The highest BCUT2D eigenvalue weighted by Gasteiger charge is 2.35. The molecule has 2 unspecified atom stereocenters. The van der Waals surface area contributed by atoms with Gasteiger partial charge < -0.3 is 19.2 Å². The number of benzene rings is 1. The van der Waals surface area contributed by atoms with Crippen LogP contribution in [-0.4, -0.2) is 46.1 Å². The molecule has 1 aliphatic heterocycles. The molecule has 4 rings (SSSR count). The van der Waals surface area contributed by atoms with Crippen LogP contribution in [0.1, 0.15) is 43.1 Å². The molecule has 0 radical (unpaired) electrons. The van der Waals surface area contributed by atoms with Crippen LogP contribution < -0.4 is 5.32 Å². The molecule has 8 heteroatoms. The Morgan fingerprint density at radius 2 is 1.97 bits per heavy atom. The lowest BCUT2D eigenvalue weighted by molar-refractivity contribution is -0.0416. The first kappa shape index (κ1) is 22.5. The second-order valence-corrected chi connectivity index (χ2v) is 9.08. The van der Waals surface area contributed by atoms with Crippen LogP contribution in [0.25, 0.3) is 16.9 Å². The third-order valence-corrected chi connectivity index (χ3v) is 5.45. The summed E-state index contributed by atoms with van der Waals surface area (Å²) in [7, 11) is 0. The van der Waals surface area contributed by atoms with E-state index in [1.807, 2.05) is 22.7 Å². The molecule has 2 aromatic heterocycles. The molecule has 0 aliphatic carbocycles. The quantitative estimate of drug-likeness (QED) is 0.477. The van der Waals surface area contributed by atoms with Gasteiger partial charge >= 0.3 is 6.16 Å². The van der Waals surface area contributed by atoms with E-state index in [0.717, 1.165) is 11.3 Å². The van der Waals surface area contributed by atoms with Gasteiger partial charge in [0.1, 0.15) is 17.4 Å². The molecule has 0 saturated carbocycles. The zero-order chi connectivity index (χ0) is 23.6. The molecule has 3 aromatic rings. The van der Waals surface area contributed by atoms with E-state index in [1.54, 1.807) is 51.2 Å².